The van der Waals surface area contributed by atoms with Crippen molar-refractivity contribution in [2.75, 3.05) is 0 Å². The lowest BCUT2D eigenvalue weighted by molar-refractivity contribution is -0.119. The molecule has 0 bridgehead atoms. The van der Waals surface area contributed by atoms with Gasteiger partial charge in [0.2, 0.25) is 15.9 Å². The Balaban J connectivity index is 2.97. The van der Waals surface area contributed by atoms with E-state index in [0.717, 1.165) is 17.4 Å². The first-order valence-electron chi connectivity index (χ1n) is 5.18. The maximum atomic E-state index is 12.0. The van der Waals surface area contributed by atoms with E-state index in [4.69, 9.17) is 10.8 Å². The summed E-state index contributed by atoms with van der Waals surface area (Å²) in [6.07, 6.45) is -0.165. The van der Waals surface area contributed by atoms with E-state index in [1.807, 2.05) is 0 Å². The summed E-state index contributed by atoms with van der Waals surface area (Å²) in [5, 5.41) is 9.98. The molecule has 0 unspecified atom stereocenters. The molecule has 7 nitrogen and oxygen atoms in total. The van der Waals surface area contributed by atoms with Gasteiger partial charge in [-0.2, -0.15) is 0 Å². The summed E-state index contributed by atoms with van der Waals surface area (Å²) in [6, 6.07) is 1.07. The van der Waals surface area contributed by atoms with E-state index in [-0.39, 0.29) is 16.2 Å². The SMILES string of the molecule is CC(C)(CC(N)=O)NS(=O)(=O)c1csc(C(=O)O)c1. The third-order valence-electron chi connectivity index (χ3n) is 2.12. The van der Waals surface area contributed by atoms with Crippen LogP contribution in [0.25, 0.3) is 0 Å². The number of nitrogens with two attached hydrogens (primary N) is 1. The minimum absolute atomic E-state index is 0.0758. The zero-order valence-electron chi connectivity index (χ0n) is 10.3. The van der Waals surface area contributed by atoms with Crippen LogP contribution in [-0.2, 0) is 14.8 Å². The number of sulfonamides is 1. The van der Waals surface area contributed by atoms with Crippen molar-refractivity contribution in [3.63, 3.8) is 0 Å². The number of amides is 1. The Bertz CT molecular complexity index is 603. The second kappa shape index (κ2) is 5.27. The molecule has 1 amide bonds. The van der Waals surface area contributed by atoms with Crippen LogP contribution in [0, 0.1) is 0 Å². The van der Waals surface area contributed by atoms with Crippen molar-refractivity contribution in [2.45, 2.75) is 30.7 Å². The van der Waals surface area contributed by atoms with E-state index < -0.39 is 27.4 Å². The molecule has 0 saturated carbocycles. The zero-order valence-corrected chi connectivity index (χ0v) is 12.0. The number of rotatable bonds is 6. The van der Waals surface area contributed by atoms with Gasteiger partial charge in [-0.15, -0.1) is 11.3 Å². The van der Waals surface area contributed by atoms with E-state index in [0.29, 0.717) is 0 Å². The number of primary amides is 1. The Morgan fingerprint density at radius 2 is 2.05 bits per heavy atom. The molecule has 0 saturated heterocycles. The molecule has 0 fully saturated rings. The molecule has 106 valence electrons. The standard InChI is InChI=1S/C10H14N2O5S2/c1-10(2,4-8(11)13)12-19(16,17)6-3-7(9(14)15)18-5-6/h3,5,12H,4H2,1-2H3,(H2,11,13)(H,14,15). The van der Waals surface area contributed by atoms with Gasteiger partial charge in [0.05, 0.1) is 4.90 Å². The number of carboxylic acids is 1. The van der Waals surface area contributed by atoms with Crippen LogP contribution < -0.4 is 10.5 Å². The van der Waals surface area contributed by atoms with E-state index in [2.05, 4.69) is 4.72 Å². The lowest BCUT2D eigenvalue weighted by Gasteiger charge is -2.23. The molecule has 1 aromatic heterocycles. The van der Waals surface area contributed by atoms with Crippen LogP contribution in [0.5, 0.6) is 0 Å². The molecule has 0 atom stereocenters. The number of carboxylic acid groups (broad SMARTS) is 1. The normalized spacial score (nSPS) is 12.3. The van der Waals surface area contributed by atoms with Crippen LogP contribution in [0.1, 0.15) is 29.9 Å². The molecule has 1 rings (SSSR count). The topological polar surface area (TPSA) is 127 Å². The molecular weight excluding hydrogens is 292 g/mol. The summed E-state index contributed by atoms with van der Waals surface area (Å²) < 4.78 is 26.3. The number of hydrogen-bond donors (Lipinski definition) is 3. The number of hydrogen-bond acceptors (Lipinski definition) is 5. The molecule has 9 heteroatoms. The van der Waals surface area contributed by atoms with E-state index in [1.165, 1.54) is 19.2 Å². The van der Waals surface area contributed by atoms with Crippen molar-refractivity contribution >= 4 is 33.2 Å². The van der Waals surface area contributed by atoms with E-state index >= 15 is 0 Å². The van der Waals surface area contributed by atoms with Crippen LogP contribution in [0.2, 0.25) is 0 Å². The van der Waals surface area contributed by atoms with Crippen LogP contribution in [0.3, 0.4) is 0 Å². The summed E-state index contributed by atoms with van der Waals surface area (Å²) in [4.78, 5) is 21.3. The van der Waals surface area contributed by atoms with Crippen LogP contribution in [-0.4, -0.2) is 30.9 Å². The van der Waals surface area contributed by atoms with Crippen LogP contribution in [0.15, 0.2) is 16.3 Å². The Hall–Kier alpha value is -1.45. The predicted molar refractivity (Wildman–Crippen MR) is 69.5 cm³/mol. The highest BCUT2D eigenvalue weighted by atomic mass is 32.2. The molecule has 0 aliphatic rings. The number of nitrogens with one attached hydrogen (secondary N) is 1. The van der Waals surface area contributed by atoms with Gasteiger partial charge in [-0.3, -0.25) is 4.79 Å². The first-order chi connectivity index (χ1) is 8.53. The molecule has 0 aliphatic heterocycles. The quantitative estimate of drug-likeness (QED) is 0.700. The first-order valence-corrected chi connectivity index (χ1v) is 7.54. The lowest BCUT2D eigenvalue weighted by atomic mass is 10.0. The van der Waals surface area contributed by atoms with Gasteiger partial charge in [0, 0.05) is 17.3 Å². The van der Waals surface area contributed by atoms with E-state index in [9.17, 15) is 18.0 Å². The Kier molecular flexibility index (Phi) is 4.33. The van der Waals surface area contributed by atoms with Crippen LogP contribution in [0.4, 0.5) is 0 Å². The van der Waals surface area contributed by atoms with Gasteiger partial charge in [0.1, 0.15) is 4.88 Å². The summed E-state index contributed by atoms with van der Waals surface area (Å²) in [5.74, 6) is -1.83. The molecule has 4 N–H and O–H groups in total. The van der Waals surface area contributed by atoms with Crippen molar-refractivity contribution in [3.8, 4) is 0 Å². The minimum Gasteiger partial charge on any atom is -0.477 e. The van der Waals surface area contributed by atoms with E-state index in [1.54, 1.807) is 0 Å². The maximum absolute atomic E-state index is 12.0. The van der Waals surface area contributed by atoms with Crippen molar-refractivity contribution in [2.24, 2.45) is 5.73 Å². The molecule has 0 spiro atoms. The second-order valence-electron chi connectivity index (χ2n) is 4.58. The van der Waals surface area contributed by atoms with Gasteiger partial charge in [-0.05, 0) is 19.9 Å². The van der Waals surface area contributed by atoms with Crippen molar-refractivity contribution in [1.82, 2.24) is 4.72 Å². The highest BCUT2D eigenvalue weighted by Gasteiger charge is 2.29. The molecule has 1 aromatic rings. The average molecular weight is 306 g/mol. The fourth-order valence-corrected chi connectivity index (χ4v) is 3.99. The summed E-state index contributed by atoms with van der Waals surface area (Å²) in [7, 11) is -3.89. The monoisotopic (exact) mass is 306 g/mol. The highest BCUT2D eigenvalue weighted by molar-refractivity contribution is 7.89. The van der Waals surface area contributed by atoms with Crippen LogP contribution >= 0.6 is 11.3 Å². The van der Waals surface area contributed by atoms with Crippen molar-refractivity contribution in [3.05, 3.63) is 16.3 Å². The fourth-order valence-electron chi connectivity index (χ4n) is 1.47. The number of aromatic carboxylic acids is 1. The van der Waals surface area contributed by atoms with Gasteiger partial charge >= 0.3 is 5.97 Å². The summed E-state index contributed by atoms with van der Waals surface area (Å²) >= 11 is 0.814. The van der Waals surface area contributed by atoms with Gasteiger partial charge in [-0.25, -0.2) is 17.9 Å². The Labute approximate surface area is 114 Å². The average Bonchev–Trinajstić information content (AvgIpc) is 2.61. The smallest absolute Gasteiger partial charge is 0.345 e. The largest absolute Gasteiger partial charge is 0.477 e. The Morgan fingerprint density at radius 1 is 1.47 bits per heavy atom. The molecule has 0 aromatic carbocycles. The molecule has 0 aliphatic carbocycles. The highest BCUT2D eigenvalue weighted by Crippen LogP contribution is 2.21. The first kappa shape index (κ1) is 15.6. The number of carbonyl (C=O) groups is 2. The second-order valence-corrected chi connectivity index (χ2v) is 7.18. The number of carbonyl (C=O) groups excluding carboxylic acids is 1. The lowest BCUT2D eigenvalue weighted by Crippen LogP contribution is -2.45. The molecule has 19 heavy (non-hydrogen) atoms. The molecular formula is C10H14N2O5S2. The summed E-state index contributed by atoms with van der Waals surface area (Å²) in [6.45, 7) is 3.03. The van der Waals surface area contributed by atoms with Crippen molar-refractivity contribution < 1.29 is 23.1 Å². The van der Waals surface area contributed by atoms with Gasteiger partial charge in [0.25, 0.3) is 0 Å². The number of thiophene rings is 1. The predicted octanol–water partition coefficient (Wildman–Crippen LogP) is 0.379. The third-order valence-corrected chi connectivity index (χ3v) is 4.87. The summed E-state index contributed by atoms with van der Waals surface area (Å²) in [5.41, 5.74) is 3.98. The van der Waals surface area contributed by atoms with Gasteiger partial charge in [-0.1, -0.05) is 0 Å². The zero-order chi connectivity index (χ0) is 14.8. The fraction of sp³-hybridized carbons (Fsp3) is 0.400. The minimum atomic E-state index is -3.89. The van der Waals surface area contributed by atoms with Gasteiger partial charge < -0.3 is 10.8 Å². The third kappa shape index (κ3) is 4.30. The van der Waals surface area contributed by atoms with Gasteiger partial charge in [0.15, 0.2) is 0 Å². The van der Waals surface area contributed by atoms with Crippen molar-refractivity contribution in [1.29, 1.82) is 0 Å². The molecule has 1 heterocycles. The maximum Gasteiger partial charge on any atom is 0.345 e. The molecule has 0 radical (unpaired) electrons. The Morgan fingerprint density at radius 3 is 2.47 bits per heavy atom.